The fourth-order valence-corrected chi connectivity index (χ4v) is 6.03. The molecular weight excluding hydrogens is 670 g/mol. The fraction of sp³-hybridized carbons (Fsp3) is 0.444. The summed E-state index contributed by atoms with van der Waals surface area (Å²) in [4.78, 5) is 25.4. The number of carbonyl (C=O) groups is 2. The highest BCUT2D eigenvalue weighted by molar-refractivity contribution is 5.98. The van der Waals surface area contributed by atoms with Crippen molar-refractivity contribution in [2.75, 3.05) is 38.8 Å². The molecule has 2 aliphatic rings. The van der Waals surface area contributed by atoms with E-state index in [2.05, 4.69) is 5.32 Å². The third-order valence-corrected chi connectivity index (χ3v) is 8.70. The molecule has 5 rings (SSSR count). The number of phenols is 2. The monoisotopic (exact) mass is 713 g/mol. The van der Waals surface area contributed by atoms with E-state index < -0.39 is 72.1 Å². The molecule has 3 aromatic rings. The molecule has 7 N–H and O–H groups in total. The zero-order valence-corrected chi connectivity index (χ0v) is 28.5. The van der Waals surface area contributed by atoms with Crippen LogP contribution in [0.2, 0.25) is 0 Å². The van der Waals surface area contributed by atoms with Gasteiger partial charge in [-0.05, 0) is 37.3 Å². The lowest BCUT2D eigenvalue weighted by atomic mass is 9.97. The molecule has 0 amide bonds. The number of nitrogens with one attached hydrogen (secondary N) is 1. The van der Waals surface area contributed by atoms with Crippen molar-refractivity contribution in [1.29, 1.82) is 0 Å². The lowest BCUT2D eigenvalue weighted by molar-refractivity contribution is -0.277. The van der Waals surface area contributed by atoms with E-state index in [4.69, 9.17) is 28.4 Å². The Morgan fingerprint density at radius 3 is 2.45 bits per heavy atom. The number of ether oxygens (including phenoxy) is 6. The van der Waals surface area contributed by atoms with Crippen LogP contribution in [-0.4, -0.2) is 107 Å². The quantitative estimate of drug-likeness (QED) is 0.119. The van der Waals surface area contributed by atoms with E-state index in [9.17, 15) is 40.2 Å². The summed E-state index contributed by atoms with van der Waals surface area (Å²) in [6, 6.07) is 10.3. The summed E-state index contributed by atoms with van der Waals surface area (Å²) in [5.41, 5.74) is 2.34. The molecule has 0 radical (unpaired) electrons. The van der Waals surface area contributed by atoms with Crippen molar-refractivity contribution in [1.82, 2.24) is 0 Å². The Morgan fingerprint density at radius 1 is 0.980 bits per heavy atom. The lowest BCUT2D eigenvalue weighted by Crippen LogP contribution is -2.60. The summed E-state index contributed by atoms with van der Waals surface area (Å²) in [5.74, 6) is -3.93. The van der Waals surface area contributed by atoms with E-state index in [1.54, 1.807) is 6.92 Å². The predicted molar refractivity (Wildman–Crippen MR) is 180 cm³/mol. The van der Waals surface area contributed by atoms with Crippen LogP contribution in [0.15, 0.2) is 36.4 Å². The van der Waals surface area contributed by atoms with E-state index in [0.29, 0.717) is 31.4 Å². The highest BCUT2D eigenvalue weighted by atomic mass is 16.7. The molecule has 0 aliphatic carbocycles. The number of hydrogen-bond donors (Lipinski definition) is 7. The van der Waals surface area contributed by atoms with Gasteiger partial charge in [0.25, 0.3) is 0 Å². The Morgan fingerprint density at radius 2 is 1.75 bits per heavy atom. The summed E-state index contributed by atoms with van der Waals surface area (Å²) in [7, 11) is 1.25. The van der Waals surface area contributed by atoms with Gasteiger partial charge in [-0.1, -0.05) is 31.2 Å². The van der Waals surface area contributed by atoms with Crippen LogP contribution < -0.4 is 24.3 Å². The number of benzene rings is 3. The maximum Gasteiger partial charge on any atom is 0.342 e. The van der Waals surface area contributed by atoms with Crippen molar-refractivity contribution in [3.63, 3.8) is 0 Å². The first-order valence-corrected chi connectivity index (χ1v) is 16.7. The molecule has 15 nitrogen and oxygen atoms in total. The number of rotatable bonds is 14. The van der Waals surface area contributed by atoms with Gasteiger partial charge in [0.1, 0.15) is 36.6 Å². The molecule has 0 bridgehead atoms. The van der Waals surface area contributed by atoms with Gasteiger partial charge in [-0.2, -0.15) is 0 Å². The van der Waals surface area contributed by atoms with Crippen LogP contribution >= 0.6 is 0 Å². The van der Waals surface area contributed by atoms with E-state index in [-0.39, 0.29) is 41.7 Å². The minimum absolute atomic E-state index is 0.0219. The number of methoxy groups -OCH3 is 1. The molecule has 51 heavy (non-hydrogen) atoms. The van der Waals surface area contributed by atoms with E-state index >= 15 is 0 Å². The topological polar surface area (TPSA) is 223 Å². The molecule has 276 valence electrons. The number of phenolic OH excluding ortho intramolecular Hbond substituents is 2. The number of aliphatic hydroxyl groups is 3. The van der Waals surface area contributed by atoms with Crippen molar-refractivity contribution in [3.05, 3.63) is 64.2 Å². The first-order chi connectivity index (χ1) is 24.5. The summed E-state index contributed by atoms with van der Waals surface area (Å²) in [6.45, 7) is 3.87. The smallest absolute Gasteiger partial charge is 0.342 e. The van der Waals surface area contributed by atoms with Crippen LogP contribution in [-0.2, 0) is 28.7 Å². The molecule has 15 heteroatoms. The molecule has 1 saturated heterocycles. The Hall–Kier alpha value is -4.96. The highest BCUT2D eigenvalue weighted by Crippen LogP contribution is 2.46. The summed E-state index contributed by atoms with van der Waals surface area (Å²) >= 11 is 0. The molecule has 5 atom stereocenters. The first-order valence-electron chi connectivity index (χ1n) is 16.7. The Balaban J connectivity index is 1.32. The van der Waals surface area contributed by atoms with Crippen LogP contribution in [0.25, 0.3) is 0 Å². The van der Waals surface area contributed by atoms with Crippen molar-refractivity contribution < 1.29 is 68.6 Å². The van der Waals surface area contributed by atoms with Crippen LogP contribution in [0.5, 0.6) is 34.5 Å². The van der Waals surface area contributed by atoms with Crippen LogP contribution in [0.3, 0.4) is 0 Å². The number of carboxylic acids is 1. The standard InChI is InChI=1S/C36H43NO14/c1-4-18-8-6-9-19(14-18)11-13-48-33-27(38)21(15-23(46-3)29(33)40)35(45)49-17-25-28(39)30(41)31(42)36(51-25)50-24-16-22(37-5-2)26(34(43)44)20-10-7-12-47-32(20)24/h6,8-9,14-16,25,28,30-31,36-42H,4-5,7,10-13,17H2,1-3H3,(H,43,44). The average molecular weight is 714 g/mol. The van der Waals surface area contributed by atoms with Gasteiger partial charge in [0.2, 0.25) is 17.8 Å². The molecule has 0 aromatic heterocycles. The van der Waals surface area contributed by atoms with Gasteiger partial charge in [-0.15, -0.1) is 0 Å². The molecule has 0 spiro atoms. The SMILES string of the molecule is CCNc1cc(OC2OC(COC(=O)c3cc(OC)c(O)c(OCCc4cccc(CC)c4)c3O)C(O)C(O)C2O)c2c(c1C(=O)O)CCCO2. The fourth-order valence-electron chi connectivity index (χ4n) is 6.03. The number of aromatic carboxylic acids is 1. The average Bonchev–Trinajstić information content (AvgIpc) is 3.12. The predicted octanol–water partition coefficient (Wildman–Crippen LogP) is 2.79. The number of fused-ring (bicyclic) bond motifs is 1. The van der Waals surface area contributed by atoms with E-state index in [1.165, 1.54) is 13.2 Å². The molecular formula is C36H43NO14. The van der Waals surface area contributed by atoms with Crippen molar-refractivity contribution in [3.8, 4) is 34.5 Å². The van der Waals surface area contributed by atoms with Gasteiger partial charge in [0.05, 0.1) is 31.6 Å². The second-order valence-electron chi connectivity index (χ2n) is 12.0. The molecule has 2 heterocycles. The lowest BCUT2D eigenvalue weighted by Gasteiger charge is -2.40. The second-order valence-corrected chi connectivity index (χ2v) is 12.0. The Kier molecular flexibility index (Phi) is 12.0. The molecule has 0 saturated carbocycles. The molecule has 1 fully saturated rings. The second kappa shape index (κ2) is 16.4. The van der Waals surface area contributed by atoms with E-state index in [1.807, 2.05) is 31.2 Å². The molecule has 5 unspecified atom stereocenters. The van der Waals surface area contributed by atoms with E-state index in [0.717, 1.165) is 23.6 Å². The maximum absolute atomic E-state index is 13.3. The largest absolute Gasteiger partial charge is 0.504 e. The maximum atomic E-state index is 13.3. The Labute approximate surface area is 293 Å². The number of carboxylic acid groups (broad SMARTS) is 1. The third-order valence-electron chi connectivity index (χ3n) is 8.70. The molecule has 2 aliphatic heterocycles. The van der Waals surface area contributed by atoms with Crippen LogP contribution in [0.4, 0.5) is 5.69 Å². The van der Waals surface area contributed by atoms with Gasteiger partial charge in [-0.25, -0.2) is 9.59 Å². The van der Waals surface area contributed by atoms with Crippen LogP contribution in [0.1, 0.15) is 57.7 Å². The first kappa shape index (κ1) is 37.3. The number of aromatic hydroxyl groups is 2. The number of esters is 1. The minimum Gasteiger partial charge on any atom is -0.504 e. The van der Waals surface area contributed by atoms with Crippen LogP contribution in [0, 0.1) is 0 Å². The van der Waals surface area contributed by atoms with Gasteiger partial charge in [-0.3, -0.25) is 0 Å². The Bertz CT molecular complexity index is 1730. The van der Waals surface area contributed by atoms with Gasteiger partial charge < -0.3 is 64.4 Å². The van der Waals surface area contributed by atoms with Crippen molar-refractivity contribution in [2.24, 2.45) is 0 Å². The summed E-state index contributed by atoms with van der Waals surface area (Å²) < 4.78 is 33.7. The zero-order valence-electron chi connectivity index (χ0n) is 28.5. The summed E-state index contributed by atoms with van der Waals surface area (Å²) in [5, 5.41) is 66.7. The zero-order chi connectivity index (χ0) is 36.8. The number of carbonyl (C=O) groups excluding carboxylic acids is 1. The minimum atomic E-state index is -1.81. The normalized spacial score (nSPS) is 21.2. The summed E-state index contributed by atoms with van der Waals surface area (Å²) in [6.07, 6.45) is -6.14. The number of hydrogen-bond acceptors (Lipinski definition) is 14. The van der Waals surface area contributed by atoms with Crippen molar-refractivity contribution in [2.45, 2.75) is 70.2 Å². The van der Waals surface area contributed by atoms with Gasteiger partial charge in [0.15, 0.2) is 23.0 Å². The van der Waals surface area contributed by atoms with Gasteiger partial charge >= 0.3 is 11.9 Å². The highest BCUT2D eigenvalue weighted by Gasteiger charge is 2.46. The number of aliphatic hydroxyl groups excluding tert-OH is 3. The van der Waals surface area contributed by atoms with Gasteiger partial charge in [0, 0.05) is 30.7 Å². The number of anilines is 1. The van der Waals surface area contributed by atoms with Crippen molar-refractivity contribution >= 4 is 17.6 Å². The molecule has 3 aromatic carbocycles. The third kappa shape index (κ3) is 8.01. The number of aryl methyl sites for hydroxylation is 1.